The van der Waals surface area contributed by atoms with Crippen molar-refractivity contribution < 1.29 is 22.8 Å². The van der Waals surface area contributed by atoms with Crippen LogP contribution in [0.3, 0.4) is 0 Å². The molecule has 6 heterocycles. The number of aromatic hydroxyl groups is 1. The molecule has 1 spiro atoms. The van der Waals surface area contributed by atoms with Crippen molar-refractivity contribution in [3.63, 3.8) is 0 Å². The van der Waals surface area contributed by atoms with E-state index in [1.54, 1.807) is 24.4 Å². The minimum atomic E-state index is -0.908. The second-order valence-electron chi connectivity index (χ2n) is 13.2. The molecule has 4 fully saturated rings. The molecular formula is C35H35F2N5O3S. The molecule has 1 unspecified atom stereocenters. The van der Waals surface area contributed by atoms with Gasteiger partial charge in [0.25, 0.3) is 0 Å². The molecule has 46 heavy (non-hydrogen) atoms. The van der Waals surface area contributed by atoms with Crippen LogP contribution in [-0.2, 0) is 10.8 Å². The number of hydrogen-bond acceptors (Lipinski definition) is 8. The fourth-order valence-corrected chi connectivity index (χ4v) is 10.2. The van der Waals surface area contributed by atoms with Crippen molar-refractivity contribution in [3.8, 4) is 35.4 Å². The number of ether oxygens (including phenoxy) is 1. The number of phenols is 1. The molecule has 4 saturated heterocycles. The van der Waals surface area contributed by atoms with Crippen molar-refractivity contribution in [2.45, 2.75) is 61.4 Å². The van der Waals surface area contributed by atoms with Gasteiger partial charge >= 0.3 is 6.01 Å². The lowest BCUT2D eigenvalue weighted by atomic mass is 9.91. The smallest absolute Gasteiger partial charge is 0.319 e. The average molecular weight is 644 g/mol. The number of halogens is 2. The molecule has 4 aliphatic rings. The zero-order chi connectivity index (χ0) is 31.6. The van der Waals surface area contributed by atoms with E-state index in [2.05, 4.69) is 25.7 Å². The fraction of sp³-hybridized carbons (Fsp3) is 0.457. The predicted molar refractivity (Wildman–Crippen MR) is 175 cm³/mol. The van der Waals surface area contributed by atoms with Gasteiger partial charge in [-0.15, -0.1) is 6.42 Å². The summed E-state index contributed by atoms with van der Waals surface area (Å²) in [5.41, 5.74) is 0.531. The van der Waals surface area contributed by atoms with Gasteiger partial charge in [0, 0.05) is 70.1 Å². The highest BCUT2D eigenvalue weighted by atomic mass is 32.2. The van der Waals surface area contributed by atoms with Crippen LogP contribution in [0.1, 0.15) is 50.5 Å². The summed E-state index contributed by atoms with van der Waals surface area (Å²) in [6, 6.07) is 8.44. The first-order valence-corrected chi connectivity index (χ1v) is 17.4. The van der Waals surface area contributed by atoms with Crippen LogP contribution in [0.15, 0.2) is 36.5 Å². The van der Waals surface area contributed by atoms with Crippen LogP contribution < -0.4 is 9.64 Å². The summed E-state index contributed by atoms with van der Waals surface area (Å²) in [6.07, 6.45) is 12.1. The van der Waals surface area contributed by atoms with E-state index in [0.29, 0.717) is 59.2 Å². The molecule has 3 atom stereocenters. The highest BCUT2D eigenvalue weighted by Gasteiger charge is 2.49. The van der Waals surface area contributed by atoms with E-state index in [-0.39, 0.29) is 34.3 Å². The minimum absolute atomic E-state index is 0.00211. The van der Waals surface area contributed by atoms with Crippen molar-refractivity contribution in [1.29, 1.82) is 0 Å². The van der Waals surface area contributed by atoms with Gasteiger partial charge in [-0.2, -0.15) is 9.97 Å². The van der Waals surface area contributed by atoms with Crippen LogP contribution in [0.25, 0.3) is 32.9 Å². The summed E-state index contributed by atoms with van der Waals surface area (Å²) < 4.78 is 50.3. The highest BCUT2D eigenvalue weighted by Crippen LogP contribution is 2.43. The number of terminal acetylenes is 1. The fourth-order valence-electron chi connectivity index (χ4n) is 8.34. The second-order valence-corrected chi connectivity index (χ2v) is 15.2. The number of anilines is 1. The van der Waals surface area contributed by atoms with Crippen LogP contribution in [0.5, 0.6) is 11.8 Å². The molecule has 4 aliphatic heterocycles. The Morgan fingerprint density at radius 2 is 1.98 bits per heavy atom. The van der Waals surface area contributed by atoms with Gasteiger partial charge in [-0.1, -0.05) is 18.1 Å². The lowest BCUT2D eigenvalue weighted by Gasteiger charge is -2.39. The Morgan fingerprint density at radius 3 is 2.76 bits per heavy atom. The zero-order valence-electron chi connectivity index (χ0n) is 25.5. The Morgan fingerprint density at radius 1 is 1.13 bits per heavy atom. The molecule has 0 saturated carbocycles. The largest absolute Gasteiger partial charge is 0.508 e. The molecule has 4 aromatic rings. The zero-order valence-corrected chi connectivity index (χ0v) is 26.3. The van der Waals surface area contributed by atoms with Crippen molar-refractivity contribution >= 4 is 38.3 Å². The average Bonchev–Trinajstić information content (AvgIpc) is 3.71. The maximum Gasteiger partial charge on any atom is 0.319 e. The first kappa shape index (κ1) is 29.5. The molecule has 238 valence electrons. The van der Waals surface area contributed by atoms with E-state index in [9.17, 15) is 13.7 Å². The van der Waals surface area contributed by atoms with Crippen molar-refractivity contribution in [1.82, 2.24) is 19.9 Å². The SMILES string of the molecule is C#Cc1cccc2cc(O)cc(-c3ncc4c(N5CCC6(CCCS6=O)CC5)nc(OC[C@@]56CCCN5C[C@H](F)C6)nc4c3F)c12. The number of rotatable bonds is 5. The molecule has 8 nitrogen and oxygen atoms in total. The van der Waals surface area contributed by atoms with Gasteiger partial charge in [-0.05, 0) is 68.7 Å². The van der Waals surface area contributed by atoms with Crippen LogP contribution >= 0.6 is 0 Å². The summed E-state index contributed by atoms with van der Waals surface area (Å²) in [5.74, 6) is 3.20. The first-order chi connectivity index (χ1) is 22.3. The summed E-state index contributed by atoms with van der Waals surface area (Å²) in [5, 5.41) is 12.3. The number of aromatic nitrogens is 3. The van der Waals surface area contributed by atoms with E-state index < -0.39 is 28.3 Å². The Balaban J connectivity index is 1.24. The van der Waals surface area contributed by atoms with Crippen molar-refractivity contribution in [2.24, 2.45) is 0 Å². The number of alkyl halides is 1. The molecule has 1 N–H and O–H groups in total. The van der Waals surface area contributed by atoms with Gasteiger partial charge in [-0.3, -0.25) is 14.1 Å². The molecule has 0 radical (unpaired) electrons. The Kier molecular flexibility index (Phi) is 7.14. The van der Waals surface area contributed by atoms with Crippen molar-refractivity contribution in [3.05, 3.63) is 47.9 Å². The van der Waals surface area contributed by atoms with Crippen LogP contribution in [0, 0.1) is 18.2 Å². The molecule has 11 heteroatoms. The molecule has 0 amide bonds. The third kappa shape index (κ3) is 4.71. The maximum atomic E-state index is 16.8. The Hall–Kier alpha value is -3.88. The van der Waals surface area contributed by atoms with Gasteiger partial charge in [0.05, 0.1) is 10.9 Å². The number of phenolic OH excluding ortho intramolecular Hbond substituents is 1. The minimum Gasteiger partial charge on any atom is -0.508 e. The van der Waals surface area contributed by atoms with Crippen LogP contribution in [0.2, 0.25) is 0 Å². The number of benzene rings is 2. The molecule has 2 aromatic heterocycles. The molecule has 2 aromatic carbocycles. The maximum absolute atomic E-state index is 16.8. The number of nitrogens with zero attached hydrogens (tertiary/aromatic N) is 5. The van der Waals surface area contributed by atoms with E-state index in [4.69, 9.17) is 16.1 Å². The number of pyridine rings is 1. The van der Waals surface area contributed by atoms with Crippen LogP contribution in [-0.4, -0.2) is 84.2 Å². The molecular weight excluding hydrogens is 608 g/mol. The summed E-state index contributed by atoms with van der Waals surface area (Å²) in [6.45, 7) is 2.66. The lowest BCUT2D eigenvalue weighted by Crippen LogP contribution is -2.45. The van der Waals surface area contributed by atoms with E-state index in [0.717, 1.165) is 50.8 Å². The first-order valence-electron chi connectivity index (χ1n) is 16.0. The Bertz CT molecular complexity index is 1940. The quantitative estimate of drug-likeness (QED) is 0.285. The van der Waals surface area contributed by atoms with Gasteiger partial charge in [-0.25, -0.2) is 8.78 Å². The summed E-state index contributed by atoms with van der Waals surface area (Å²) in [4.78, 5) is 18.2. The monoisotopic (exact) mass is 643 g/mol. The number of fused-ring (bicyclic) bond motifs is 3. The van der Waals surface area contributed by atoms with Gasteiger partial charge in [0.2, 0.25) is 0 Å². The number of hydrogen-bond donors (Lipinski definition) is 1. The van der Waals surface area contributed by atoms with Crippen LogP contribution in [0.4, 0.5) is 14.6 Å². The Labute approximate surface area is 268 Å². The highest BCUT2D eigenvalue weighted by molar-refractivity contribution is 7.86. The molecule has 0 bridgehead atoms. The topological polar surface area (TPSA) is 91.7 Å². The summed E-state index contributed by atoms with van der Waals surface area (Å²) in [7, 11) is -0.852. The second kappa shape index (κ2) is 11.1. The normalized spacial score (nSPS) is 25.8. The third-order valence-electron chi connectivity index (χ3n) is 10.7. The van der Waals surface area contributed by atoms with Gasteiger partial charge in [0.15, 0.2) is 5.82 Å². The van der Waals surface area contributed by atoms with E-state index in [1.165, 1.54) is 6.07 Å². The number of piperidine rings is 1. The standard InChI is InChI=1S/C35H35F2N5O3S/c1-2-22-6-3-7-23-16-25(43)17-26(28(22)23)30-29(37)31-27(19-38-30)32(41-13-10-35(11-14-41)9-5-15-46(35)44)40-33(39-31)45-21-34-8-4-12-42(34)20-24(36)18-34/h1,3,6-7,16-17,19,24,43H,4-5,8-15,18,20-21H2/t24-,34+,46?/m1/s1. The lowest BCUT2D eigenvalue weighted by molar-refractivity contribution is 0.107. The van der Waals surface area contributed by atoms with Gasteiger partial charge in [0.1, 0.15) is 35.6 Å². The molecule has 0 aliphatic carbocycles. The predicted octanol–water partition coefficient (Wildman–Crippen LogP) is 5.51. The van der Waals surface area contributed by atoms with Crippen molar-refractivity contribution in [2.75, 3.05) is 43.4 Å². The van der Waals surface area contributed by atoms with Gasteiger partial charge < -0.3 is 14.7 Å². The van der Waals surface area contributed by atoms with E-state index >= 15 is 4.39 Å². The third-order valence-corrected chi connectivity index (χ3v) is 12.9. The molecule has 8 rings (SSSR count). The van der Waals surface area contributed by atoms with E-state index in [1.807, 2.05) is 6.07 Å². The summed E-state index contributed by atoms with van der Waals surface area (Å²) >= 11 is 0.